The van der Waals surface area contributed by atoms with Gasteiger partial charge in [-0.25, -0.2) is 0 Å². The van der Waals surface area contributed by atoms with Crippen molar-refractivity contribution in [3.8, 4) is 0 Å². The number of nitrogens with one attached hydrogen (secondary N) is 1. The van der Waals surface area contributed by atoms with E-state index in [-0.39, 0.29) is 18.9 Å². The second-order valence-corrected chi connectivity index (χ2v) is 24.3. The van der Waals surface area contributed by atoms with Crippen LogP contribution in [0.15, 0.2) is 60.8 Å². The van der Waals surface area contributed by atoms with Crippen LogP contribution in [0.3, 0.4) is 0 Å². The van der Waals surface area contributed by atoms with Gasteiger partial charge in [0.1, 0.15) is 48.8 Å². The van der Waals surface area contributed by atoms with Crippen molar-refractivity contribution < 1.29 is 64.6 Å². The minimum Gasteiger partial charge on any atom is -0.394 e. The molecule has 12 unspecified atom stereocenters. The molecule has 0 aromatic rings. The molecular formula is C70H127NO13. The topological polar surface area (TPSA) is 228 Å². The zero-order chi connectivity index (χ0) is 60.9. The molecule has 2 rings (SSSR count). The van der Waals surface area contributed by atoms with E-state index in [0.29, 0.717) is 6.42 Å². The van der Waals surface area contributed by atoms with E-state index in [1.54, 1.807) is 6.08 Å². The lowest BCUT2D eigenvalue weighted by atomic mass is 9.97. The highest BCUT2D eigenvalue weighted by Crippen LogP contribution is 2.30. The van der Waals surface area contributed by atoms with Crippen molar-refractivity contribution in [2.75, 3.05) is 19.8 Å². The lowest BCUT2D eigenvalue weighted by Crippen LogP contribution is -2.65. The predicted octanol–water partition coefficient (Wildman–Crippen LogP) is 13.7. The molecule has 9 N–H and O–H groups in total. The van der Waals surface area contributed by atoms with Gasteiger partial charge in [0.25, 0.3) is 0 Å². The van der Waals surface area contributed by atoms with Crippen LogP contribution in [0.1, 0.15) is 284 Å². The van der Waals surface area contributed by atoms with Crippen LogP contribution in [0.25, 0.3) is 0 Å². The van der Waals surface area contributed by atoms with Crippen molar-refractivity contribution in [2.24, 2.45) is 0 Å². The first-order chi connectivity index (χ1) is 41.1. The van der Waals surface area contributed by atoms with Crippen molar-refractivity contribution in [1.82, 2.24) is 5.32 Å². The van der Waals surface area contributed by atoms with E-state index in [0.717, 1.165) is 64.2 Å². The highest BCUT2D eigenvalue weighted by molar-refractivity contribution is 5.76. The molecule has 0 aromatic carbocycles. The summed E-state index contributed by atoms with van der Waals surface area (Å²) in [5, 5.41) is 87.1. The number of carbonyl (C=O) groups is 1. The number of hydrogen-bond acceptors (Lipinski definition) is 13. The van der Waals surface area contributed by atoms with E-state index in [9.17, 15) is 45.6 Å². The monoisotopic (exact) mass is 1190 g/mol. The van der Waals surface area contributed by atoms with Crippen LogP contribution >= 0.6 is 0 Å². The number of aliphatic hydroxyl groups excluding tert-OH is 8. The van der Waals surface area contributed by atoms with E-state index in [1.165, 1.54) is 193 Å². The fraction of sp³-hybridized carbons (Fsp3) is 0.843. The number of allylic oxidation sites excluding steroid dienone is 9. The van der Waals surface area contributed by atoms with E-state index < -0.39 is 86.8 Å². The molecule has 2 heterocycles. The Morgan fingerprint density at radius 2 is 0.821 bits per heavy atom. The molecule has 14 nitrogen and oxygen atoms in total. The molecule has 2 aliphatic heterocycles. The lowest BCUT2D eigenvalue weighted by molar-refractivity contribution is -0.359. The van der Waals surface area contributed by atoms with Gasteiger partial charge in [0.2, 0.25) is 5.91 Å². The molecule has 1 amide bonds. The Balaban J connectivity index is 1.53. The molecule has 0 radical (unpaired) electrons. The highest BCUT2D eigenvalue weighted by Gasteiger charge is 2.51. The predicted molar refractivity (Wildman–Crippen MR) is 341 cm³/mol. The molecule has 0 aliphatic carbocycles. The third kappa shape index (κ3) is 38.9. The SMILES string of the molecule is CC/C=C\C/C=C\C/C=C\C/C=C\CCCCCCCCCCCCCCCCCCCCCCCCCCCCC(=O)NC(COC1OC(CO)C(OC2OC(CO)C(O)C(O)C2O)C(O)C1O)C(O)/C=C/CCCCCCCCCCC. The van der Waals surface area contributed by atoms with Crippen LogP contribution in [0.5, 0.6) is 0 Å². The summed E-state index contributed by atoms with van der Waals surface area (Å²) in [6.45, 7) is 2.68. The zero-order valence-electron chi connectivity index (χ0n) is 53.1. The van der Waals surface area contributed by atoms with Crippen LogP contribution in [0.4, 0.5) is 0 Å². The fourth-order valence-corrected chi connectivity index (χ4v) is 11.2. The molecule has 0 aromatic heterocycles. The molecule has 0 bridgehead atoms. The average molecular weight is 1190 g/mol. The van der Waals surface area contributed by atoms with Gasteiger partial charge in [0, 0.05) is 6.42 Å². The normalized spacial score (nSPS) is 24.0. The van der Waals surface area contributed by atoms with Gasteiger partial charge in [-0.1, -0.05) is 280 Å². The molecule has 0 saturated carbocycles. The first kappa shape index (κ1) is 77.8. The quantitative estimate of drug-likeness (QED) is 0.0204. The Kier molecular flexibility index (Phi) is 50.8. The molecule has 2 aliphatic rings. The van der Waals surface area contributed by atoms with Gasteiger partial charge in [-0.05, 0) is 57.8 Å². The summed E-state index contributed by atoms with van der Waals surface area (Å²) in [6.07, 6.45) is 56.0. The van der Waals surface area contributed by atoms with E-state index in [1.807, 2.05) is 6.08 Å². The molecule has 84 heavy (non-hydrogen) atoms. The second-order valence-electron chi connectivity index (χ2n) is 24.3. The summed E-state index contributed by atoms with van der Waals surface area (Å²) < 4.78 is 22.8. The standard InChI is InChI=1S/C70H127NO13/c1-3-5-7-9-11-13-15-16-17-18-19-20-21-22-23-24-25-26-27-28-29-30-31-32-33-34-35-36-37-38-39-40-41-42-44-46-48-50-52-54-62(75)71-58(59(74)53-51-49-47-45-43-14-12-10-8-6-4-2)57-81-69-67(80)65(78)68(61(56-73)83-69)84-70-66(79)64(77)63(76)60(55-72)82-70/h5,7,11,13,16-17,19-20,51,53,58-61,63-70,72-74,76-80H,3-4,6,8-10,12,14-15,18,21-50,52,54-57H2,1-2H3,(H,71,75)/b7-5-,13-11-,17-16-,20-19-,53-51+. The fourth-order valence-electron chi connectivity index (χ4n) is 11.2. The van der Waals surface area contributed by atoms with Crippen molar-refractivity contribution in [3.63, 3.8) is 0 Å². The summed E-state index contributed by atoms with van der Waals surface area (Å²) in [6, 6.07) is -0.912. The number of carbonyl (C=O) groups excluding carboxylic acids is 1. The Morgan fingerprint density at radius 1 is 0.440 bits per heavy atom. The van der Waals surface area contributed by atoms with Crippen molar-refractivity contribution in [3.05, 3.63) is 60.8 Å². The minimum atomic E-state index is -1.79. The van der Waals surface area contributed by atoms with Crippen LogP contribution in [0, 0.1) is 0 Å². The Hall–Kier alpha value is -2.31. The van der Waals surface area contributed by atoms with E-state index >= 15 is 0 Å². The van der Waals surface area contributed by atoms with Crippen LogP contribution in [0.2, 0.25) is 0 Å². The Morgan fingerprint density at radius 3 is 1.26 bits per heavy atom. The number of unbranched alkanes of at least 4 members (excludes halogenated alkanes) is 35. The van der Waals surface area contributed by atoms with E-state index in [4.69, 9.17) is 18.9 Å². The zero-order valence-corrected chi connectivity index (χ0v) is 53.1. The Labute approximate surface area is 511 Å². The van der Waals surface area contributed by atoms with Gasteiger partial charge in [-0.15, -0.1) is 0 Å². The number of rotatable bonds is 56. The second kappa shape index (κ2) is 54.8. The van der Waals surface area contributed by atoms with Crippen LogP contribution < -0.4 is 5.32 Å². The largest absolute Gasteiger partial charge is 0.394 e. The molecule has 490 valence electrons. The van der Waals surface area contributed by atoms with Gasteiger partial charge in [-0.2, -0.15) is 0 Å². The first-order valence-electron chi connectivity index (χ1n) is 34.5. The smallest absolute Gasteiger partial charge is 0.220 e. The van der Waals surface area contributed by atoms with E-state index in [2.05, 4.69) is 67.8 Å². The molecule has 12 atom stereocenters. The van der Waals surface area contributed by atoms with Gasteiger partial charge in [0.15, 0.2) is 12.6 Å². The molecular weight excluding hydrogens is 1060 g/mol. The van der Waals surface area contributed by atoms with Gasteiger partial charge < -0.3 is 65.1 Å². The molecule has 14 heteroatoms. The third-order valence-electron chi connectivity index (χ3n) is 16.7. The van der Waals surface area contributed by atoms with Crippen LogP contribution in [-0.4, -0.2) is 140 Å². The number of aliphatic hydroxyl groups is 8. The molecule has 2 saturated heterocycles. The maximum Gasteiger partial charge on any atom is 0.220 e. The maximum absolute atomic E-state index is 13.3. The summed E-state index contributed by atoms with van der Waals surface area (Å²) in [4.78, 5) is 13.3. The van der Waals surface area contributed by atoms with Gasteiger partial charge in [0.05, 0.1) is 32.0 Å². The average Bonchev–Trinajstić information content (AvgIpc) is 3.59. The molecule has 0 spiro atoms. The number of hydrogen-bond donors (Lipinski definition) is 9. The summed E-state index contributed by atoms with van der Waals surface area (Å²) in [5.74, 6) is -0.237. The van der Waals surface area contributed by atoms with Crippen LogP contribution in [-0.2, 0) is 23.7 Å². The third-order valence-corrected chi connectivity index (χ3v) is 16.7. The molecule has 2 fully saturated rings. The number of amides is 1. The van der Waals surface area contributed by atoms with Gasteiger partial charge >= 0.3 is 0 Å². The van der Waals surface area contributed by atoms with Crippen molar-refractivity contribution in [2.45, 2.75) is 357 Å². The van der Waals surface area contributed by atoms with Crippen molar-refractivity contribution >= 4 is 5.91 Å². The highest BCUT2D eigenvalue weighted by atomic mass is 16.7. The van der Waals surface area contributed by atoms with Crippen molar-refractivity contribution in [1.29, 1.82) is 0 Å². The Bertz CT molecular complexity index is 1640. The first-order valence-corrected chi connectivity index (χ1v) is 34.5. The maximum atomic E-state index is 13.3. The minimum absolute atomic E-state index is 0.237. The number of ether oxygens (including phenoxy) is 4. The summed E-state index contributed by atoms with van der Waals surface area (Å²) in [7, 11) is 0. The summed E-state index contributed by atoms with van der Waals surface area (Å²) >= 11 is 0. The van der Waals surface area contributed by atoms with Gasteiger partial charge in [-0.3, -0.25) is 4.79 Å². The lowest BCUT2D eigenvalue weighted by Gasteiger charge is -2.46. The summed E-state index contributed by atoms with van der Waals surface area (Å²) in [5.41, 5.74) is 0.